The summed E-state index contributed by atoms with van der Waals surface area (Å²) in [5.74, 6) is 0.614. The number of hydrogen-bond donors (Lipinski definition) is 2. The number of hydrogen-bond acceptors (Lipinski definition) is 5. The van der Waals surface area contributed by atoms with Crippen LogP contribution in [0.15, 0.2) is 17.2 Å². The molecule has 1 aliphatic heterocycles. The Bertz CT molecular complexity index is 673. The Labute approximate surface area is 117 Å². The van der Waals surface area contributed by atoms with Crippen LogP contribution >= 0.6 is 0 Å². The molecule has 0 bridgehead atoms. The third-order valence-electron chi connectivity index (χ3n) is 4.18. The third kappa shape index (κ3) is 2.27. The van der Waals surface area contributed by atoms with Gasteiger partial charge in [0.1, 0.15) is 0 Å². The van der Waals surface area contributed by atoms with Gasteiger partial charge in [0, 0.05) is 25.4 Å². The molecule has 1 aliphatic rings. The van der Waals surface area contributed by atoms with Crippen molar-refractivity contribution in [2.45, 2.75) is 19.8 Å². The summed E-state index contributed by atoms with van der Waals surface area (Å²) in [6, 6.07) is 2.82. The molecule has 0 atom stereocenters. The predicted molar refractivity (Wildman–Crippen MR) is 77.6 cm³/mol. The molecule has 2 aromatic rings. The maximum Gasteiger partial charge on any atom is 0.260 e. The predicted octanol–water partition coefficient (Wildman–Crippen LogP) is 0.683. The molecule has 0 spiro atoms. The standard InChI is InChI=1S/C14H18N5O/c1-14(9-15)3-6-19(7-4-14)13-17-11-8-16-5-2-10(11)12(20)18-13/h5,8H,3-4,6-7,9,15H2,1H3,(H,17,18,20). The van der Waals surface area contributed by atoms with Gasteiger partial charge in [-0.1, -0.05) is 6.92 Å². The van der Waals surface area contributed by atoms with E-state index >= 15 is 0 Å². The molecule has 0 aliphatic carbocycles. The smallest absolute Gasteiger partial charge is 0.260 e. The second-order valence-corrected chi connectivity index (χ2v) is 5.70. The minimum absolute atomic E-state index is 0.167. The molecule has 0 aromatic carbocycles. The van der Waals surface area contributed by atoms with E-state index in [0.29, 0.717) is 23.4 Å². The van der Waals surface area contributed by atoms with Gasteiger partial charge in [-0.05, 0) is 24.8 Å². The zero-order chi connectivity index (χ0) is 14.2. The molecule has 3 N–H and O–H groups in total. The summed E-state index contributed by atoms with van der Waals surface area (Å²) in [7, 11) is 0. The van der Waals surface area contributed by atoms with Crippen LogP contribution in [0.4, 0.5) is 5.95 Å². The maximum atomic E-state index is 12.0. The van der Waals surface area contributed by atoms with Crippen molar-refractivity contribution in [2.24, 2.45) is 11.1 Å². The normalized spacial score (nSPS) is 18.4. The van der Waals surface area contributed by atoms with Gasteiger partial charge in [-0.25, -0.2) is 4.98 Å². The van der Waals surface area contributed by atoms with Gasteiger partial charge >= 0.3 is 0 Å². The highest BCUT2D eigenvalue weighted by molar-refractivity contribution is 5.76. The highest BCUT2D eigenvalue weighted by Crippen LogP contribution is 2.30. The van der Waals surface area contributed by atoms with E-state index in [4.69, 9.17) is 5.73 Å². The number of rotatable bonds is 2. The zero-order valence-electron chi connectivity index (χ0n) is 11.5. The van der Waals surface area contributed by atoms with Gasteiger partial charge in [-0.3, -0.25) is 14.8 Å². The number of nitrogens with zero attached hydrogens (tertiary/aromatic N) is 3. The quantitative estimate of drug-likeness (QED) is 0.839. The summed E-state index contributed by atoms with van der Waals surface area (Å²) in [5, 5.41) is 0.451. The van der Waals surface area contributed by atoms with Crippen molar-refractivity contribution in [1.29, 1.82) is 0 Å². The van der Waals surface area contributed by atoms with E-state index in [1.165, 1.54) is 6.20 Å². The molecule has 1 fully saturated rings. The SMILES string of the molecule is CC1(CN)CCN(c2nc3cnc[c]c3c(=O)[nH]2)CC1. The molecule has 0 saturated carbocycles. The molecule has 2 aromatic heterocycles. The van der Waals surface area contributed by atoms with Crippen LogP contribution in [-0.2, 0) is 0 Å². The van der Waals surface area contributed by atoms with Gasteiger partial charge in [0.05, 0.1) is 17.1 Å². The van der Waals surface area contributed by atoms with Crippen molar-refractivity contribution in [2.75, 3.05) is 24.5 Å². The maximum absolute atomic E-state index is 12.0. The van der Waals surface area contributed by atoms with E-state index in [9.17, 15) is 4.79 Å². The second kappa shape index (κ2) is 4.86. The molecule has 0 unspecified atom stereocenters. The lowest BCUT2D eigenvalue weighted by Gasteiger charge is -2.38. The Hall–Kier alpha value is -1.95. The summed E-state index contributed by atoms with van der Waals surface area (Å²) >= 11 is 0. The van der Waals surface area contributed by atoms with E-state index in [2.05, 4.69) is 32.8 Å². The number of aromatic nitrogens is 3. The first kappa shape index (κ1) is 13.1. The minimum atomic E-state index is -0.167. The van der Waals surface area contributed by atoms with E-state index in [-0.39, 0.29) is 11.0 Å². The largest absolute Gasteiger partial charge is 0.342 e. The lowest BCUT2D eigenvalue weighted by Crippen LogP contribution is -2.43. The zero-order valence-corrected chi connectivity index (χ0v) is 11.5. The number of anilines is 1. The number of nitrogens with one attached hydrogen (secondary N) is 1. The van der Waals surface area contributed by atoms with Crippen molar-refractivity contribution >= 4 is 16.9 Å². The molecule has 1 saturated heterocycles. The molecular formula is C14H18N5O. The lowest BCUT2D eigenvalue weighted by atomic mass is 9.81. The van der Waals surface area contributed by atoms with Gasteiger partial charge in [0.25, 0.3) is 5.56 Å². The van der Waals surface area contributed by atoms with Crippen LogP contribution in [0.1, 0.15) is 19.8 Å². The first-order chi connectivity index (χ1) is 9.61. The van der Waals surface area contributed by atoms with E-state index in [1.807, 2.05) is 0 Å². The fourth-order valence-electron chi connectivity index (χ4n) is 2.53. The Morgan fingerprint density at radius 3 is 2.95 bits per heavy atom. The number of H-pyrrole nitrogens is 1. The first-order valence-electron chi connectivity index (χ1n) is 6.82. The van der Waals surface area contributed by atoms with Crippen LogP contribution in [0.5, 0.6) is 0 Å². The number of aromatic amines is 1. The van der Waals surface area contributed by atoms with Crippen molar-refractivity contribution in [3.63, 3.8) is 0 Å². The third-order valence-corrected chi connectivity index (χ3v) is 4.18. The highest BCUT2D eigenvalue weighted by Gasteiger charge is 2.29. The van der Waals surface area contributed by atoms with Crippen molar-refractivity contribution in [3.05, 3.63) is 28.8 Å². The molecule has 20 heavy (non-hydrogen) atoms. The Balaban J connectivity index is 1.90. The van der Waals surface area contributed by atoms with Gasteiger partial charge in [-0.15, -0.1) is 0 Å². The van der Waals surface area contributed by atoms with E-state index < -0.39 is 0 Å². The summed E-state index contributed by atoms with van der Waals surface area (Å²) in [6.07, 6.45) is 5.08. The minimum Gasteiger partial charge on any atom is -0.342 e. The fourth-order valence-corrected chi connectivity index (χ4v) is 2.53. The van der Waals surface area contributed by atoms with Crippen molar-refractivity contribution < 1.29 is 0 Å². The van der Waals surface area contributed by atoms with Crippen LogP contribution < -0.4 is 16.2 Å². The monoisotopic (exact) mass is 272 g/mol. The second-order valence-electron chi connectivity index (χ2n) is 5.70. The molecular weight excluding hydrogens is 254 g/mol. The fraction of sp³-hybridized carbons (Fsp3) is 0.500. The van der Waals surface area contributed by atoms with Crippen LogP contribution in [-0.4, -0.2) is 34.6 Å². The van der Waals surface area contributed by atoms with Crippen LogP contribution in [0, 0.1) is 11.5 Å². The Kier molecular flexibility index (Phi) is 3.17. The average molecular weight is 272 g/mol. The molecule has 3 heterocycles. The highest BCUT2D eigenvalue weighted by atomic mass is 16.1. The Morgan fingerprint density at radius 2 is 2.25 bits per heavy atom. The number of pyridine rings is 1. The number of piperidine rings is 1. The summed E-state index contributed by atoms with van der Waals surface area (Å²) in [4.78, 5) is 25.4. The van der Waals surface area contributed by atoms with Crippen LogP contribution in [0.3, 0.4) is 0 Å². The van der Waals surface area contributed by atoms with Gasteiger partial charge in [0.2, 0.25) is 5.95 Å². The summed E-state index contributed by atoms with van der Waals surface area (Å²) in [5.41, 5.74) is 6.43. The van der Waals surface area contributed by atoms with Crippen LogP contribution in [0.25, 0.3) is 10.9 Å². The van der Waals surface area contributed by atoms with Crippen molar-refractivity contribution in [3.8, 4) is 0 Å². The summed E-state index contributed by atoms with van der Waals surface area (Å²) in [6.45, 7) is 4.61. The van der Waals surface area contributed by atoms with E-state index in [0.717, 1.165) is 25.9 Å². The number of nitrogens with two attached hydrogens (primary N) is 1. The lowest BCUT2D eigenvalue weighted by molar-refractivity contribution is 0.257. The summed E-state index contributed by atoms with van der Waals surface area (Å²) < 4.78 is 0. The van der Waals surface area contributed by atoms with Gasteiger partial charge in [-0.2, -0.15) is 0 Å². The molecule has 6 nitrogen and oxygen atoms in total. The molecule has 1 radical (unpaired) electrons. The topological polar surface area (TPSA) is 87.9 Å². The first-order valence-corrected chi connectivity index (χ1v) is 6.82. The number of fused-ring (bicyclic) bond motifs is 1. The molecule has 6 heteroatoms. The van der Waals surface area contributed by atoms with Gasteiger partial charge in [0.15, 0.2) is 0 Å². The average Bonchev–Trinajstić information content (AvgIpc) is 2.48. The molecule has 0 amide bonds. The van der Waals surface area contributed by atoms with Crippen LogP contribution in [0.2, 0.25) is 0 Å². The van der Waals surface area contributed by atoms with Gasteiger partial charge < -0.3 is 10.6 Å². The molecule has 3 rings (SSSR count). The van der Waals surface area contributed by atoms with E-state index in [1.54, 1.807) is 6.20 Å². The Morgan fingerprint density at radius 1 is 1.50 bits per heavy atom. The molecule has 105 valence electrons. The van der Waals surface area contributed by atoms with Crippen molar-refractivity contribution in [1.82, 2.24) is 15.0 Å².